The lowest BCUT2D eigenvalue weighted by Gasteiger charge is -2.05. The summed E-state index contributed by atoms with van der Waals surface area (Å²) in [7, 11) is 1.61. The smallest absolute Gasteiger partial charge is 0.291 e. The molecule has 0 radical (unpaired) electrons. The van der Waals surface area contributed by atoms with Crippen molar-refractivity contribution >= 4 is 55.2 Å². The van der Waals surface area contributed by atoms with Gasteiger partial charge in [-0.1, -0.05) is 41.7 Å². The lowest BCUT2D eigenvalue weighted by Crippen LogP contribution is -2.14. The van der Waals surface area contributed by atoms with Crippen molar-refractivity contribution in [2.45, 2.75) is 6.42 Å². The number of methoxy groups -OCH3 is 1. The van der Waals surface area contributed by atoms with E-state index < -0.39 is 0 Å². The maximum atomic E-state index is 12.5. The number of thiazole rings is 1. The van der Waals surface area contributed by atoms with E-state index in [1.807, 2.05) is 42.5 Å². The molecule has 5 rings (SSSR count). The number of carbonyl (C=O) groups excluding carboxylic acids is 2. The van der Waals surface area contributed by atoms with Gasteiger partial charge in [0.25, 0.3) is 5.91 Å². The van der Waals surface area contributed by atoms with Crippen LogP contribution in [-0.4, -0.2) is 23.9 Å². The Hall–Kier alpha value is -4.17. The van der Waals surface area contributed by atoms with Crippen LogP contribution in [0.4, 0.5) is 10.8 Å². The SMILES string of the molecule is COc1ccc2nc(NC(=O)Cc3ccc(NC(=O)c4cc5ccccc5o4)cc3)sc2c1. The van der Waals surface area contributed by atoms with Crippen LogP contribution < -0.4 is 15.4 Å². The van der Waals surface area contributed by atoms with E-state index in [0.717, 1.165) is 26.9 Å². The van der Waals surface area contributed by atoms with Crippen molar-refractivity contribution in [2.24, 2.45) is 0 Å². The number of para-hydroxylation sites is 1. The fraction of sp³-hybridized carbons (Fsp3) is 0.0800. The number of aromatic nitrogens is 1. The van der Waals surface area contributed by atoms with E-state index in [-0.39, 0.29) is 24.0 Å². The summed E-state index contributed by atoms with van der Waals surface area (Å²) in [5.74, 6) is 0.494. The summed E-state index contributed by atoms with van der Waals surface area (Å²) in [5, 5.41) is 7.07. The number of nitrogens with one attached hydrogen (secondary N) is 2. The Morgan fingerprint density at radius 3 is 2.61 bits per heavy atom. The topological polar surface area (TPSA) is 93.5 Å². The number of amides is 2. The summed E-state index contributed by atoms with van der Waals surface area (Å²) in [6.07, 6.45) is 0.192. The van der Waals surface area contributed by atoms with E-state index >= 15 is 0 Å². The number of ether oxygens (including phenoxy) is 1. The molecule has 0 fully saturated rings. The van der Waals surface area contributed by atoms with E-state index in [9.17, 15) is 9.59 Å². The molecule has 3 aromatic carbocycles. The molecule has 8 heteroatoms. The highest BCUT2D eigenvalue weighted by Gasteiger charge is 2.13. The van der Waals surface area contributed by atoms with E-state index in [2.05, 4.69) is 15.6 Å². The third-order valence-corrected chi connectivity index (χ3v) is 6.00. The molecule has 7 nitrogen and oxygen atoms in total. The molecule has 0 aliphatic rings. The van der Waals surface area contributed by atoms with Gasteiger partial charge in [-0.15, -0.1) is 0 Å². The lowest BCUT2D eigenvalue weighted by molar-refractivity contribution is -0.115. The second-order valence-electron chi connectivity index (χ2n) is 7.38. The average molecular weight is 458 g/mol. The highest BCUT2D eigenvalue weighted by Crippen LogP contribution is 2.29. The van der Waals surface area contributed by atoms with E-state index in [1.165, 1.54) is 11.3 Å². The second-order valence-corrected chi connectivity index (χ2v) is 8.41. The van der Waals surface area contributed by atoms with Gasteiger partial charge in [-0.2, -0.15) is 0 Å². The number of fused-ring (bicyclic) bond motifs is 2. The molecule has 0 saturated heterocycles. The fourth-order valence-electron chi connectivity index (χ4n) is 3.43. The maximum Gasteiger partial charge on any atom is 0.291 e. The van der Waals surface area contributed by atoms with Crippen LogP contribution in [0.25, 0.3) is 21.2 Å². The van der Waals surface area contributed by atoms with Crippen LogP contribution in [0.15, 0.2) is 77.2 Å². The normalized spacial score (nSPS) is 10.9. The summed E-state index contributed by atoms with van der Waals surface area (Å²) < 4.78 is 11.8. The molecule has 5 aromatic rings. The first kappa shape index (κ1) is 20.7. The van der Waals surface area contributed by atoms with Crippen molar-refractivity contribution in [3.8, 4) is 5.75 Å². The number of carbonyl (C=O) groups is 2. The summed E-state index contributed by atoms with van der Waals surface area (Å²) in [5.41, 5.74) is 2.90. The predicted molar refractivity (Wildman–Crippen MR) is 129 cm³/mol. The molecule has 2 amide bonds. The molecule has 2 aromatic heterocycles. The molecule has 0 spiro atoms. The fourth-order valence-corrected chi connectivity index (χ4v) is 4.34. The molecule has 0 aliphatic carbocycles. The molecular weight excluding hydrogens is 438 g/mol. The van der Waals surface area contributed by atoms with Crippen LogP contribution in [0.1, 0.15) is 16.1 Å². The van der Waals surface area contributed by atoms with Crippen molar-refractivity contribution < 1.29 is 18.7 Å². The highest BCUT2D eigenvalue weighted by atomic mass is 32.1. The maximum absolute atomic E-state index is 12.5. The van der Waals surface area contributed by atoms with Gasteiger partial charge in [-0.25, -0.2) is 4.98 Å². The summed E-state index contributed by atoms with van der Waals surface area (Å²) in [4.78, 5) is 29.4. The van der Waals surface area contributed by atoms with Crippen LogP contribution in [0.5, 0.6) is 5.75 Å². The number of nitrogens with zero attached hydrogens (tertiary/aromatic N) is 1. The molecule has 0 atom stereocenters. The van der Waals surface area contributed by atoms with Crippen molar-refractivity contribution in [1.29, 1.82) is 0 Å². The minimum absolute atomic E-state index is 0.167. The van der Waals surface area contributed by atoms with Gasteiger partial charge in [-0.3, -0.25) is 9.59 Å². The number of hydrogen-bond donors (Lipinski definition) is 2. The Balaban J connectivity index is 1.20. The van der Waals surface area contributed by atoms with Crippen LogP contribution in [0, 0.1) is 0 Å². The number of hydrogen-bond acceptors (Lipinski definition) is 6. The van der Waals surface area contributed by atoms with Gasteiger partial charge in [0.05, 0.1) is 23.7 Å². The van der Waals surface area contributed by atoms with Gasteiger partial charge in [0.15, 0.2) is 10.9 Å². The zero-order valence-electron chi connectivity index (χ0n) is 17.6. The van der Waals surface area contributed by atoms with Crippen LogP contribution in [-0.2, 0) is 11.2 Å². The monoisotopic (exact) mass is 457 g/mol. The minimum atomic E-state index is -0.329. The summed E-state index contributed by atoms with van der Waals surface area (Å²) in [6, 6.07) is 21.9. The van der Waals surface area contributed by atoms with Crippen molar-refractivity contribution in [2.75, 3.05) is 17.7 Å². The average Bonchev–Trinajstić information content (AvgIpc) is 3.43. The van der Waals surface area contributed by atoms with Gasteiger partial charge in [0.2, 0.25) is 5.91 Å². The Morgan fingerprint density at radius 2 is 1.82 bits per heavy atom. The summed E-state index contributed by atoms with van der Waals surface area (Å²) >= 11 is 1.39. The standard InChI is InChI=1S/C25H19N3O4S/c1-31-18-10-11-19-22(14-18)33-25(27-19)28-23(29)12-15-6-8-17(9-7-15)26-24(30)21-13-16-4-2-3-5-20(16)32-21/h2-11,13-14H,12H2,1H3,(H,26,30)(H,27,28,29). The van der Waals surface area contributed by atoms with Gasteiger partial charge < -0.3 is 19.8 Å². The molecule has 2 heterocycles. The van der Waals surface area contributed by atoms with Crippen LogP contribution in [0.2, 0.25) is 0 Å². The molecule has 164 valence electrons. The quantitative estimate of drug-likeness (QED) is 0.352. The number of furan rings is 1. The second kappa shape index (κ2) is 8.76. The van der Waals surface area contributed by atoms with Gasteiger partial charge in [-0.05, 0) is 48.0 Å². The van der Waals surface area contributed by atoms with Crippen molar-refractivity contribution in [1.82, 2.24) is 4.98 Å². The molecule has 33 heavy (non-hydrogen) atoms. The van der Waals surface area contributed by atoms with Crippen LogP contribution in [0.3, 0.4) is 0 Å². The first-order valence-electron chi connectivity index (χ1n) is 10.2. The minimum Gasteiger partial charge on any atom is -0.497 e. The summed E-state index contributed by atoms with van der Waals surface area (Å²) in [6.45, 7) is 0. The molecule has 0 unspecified atom stereocenters. The van der Waals surface area contributed by atoms with E-state index in [4.69, 9.17) is 9.15 Å². The molecule has 0 bridgehead atoms. The third-order valence-electron chi connectivity index (χ3n) is 5.07. The number of benzene rings is 3. The van der Waals surface area contributed by atoms with Crippen molar-refractivity contribution in [3.05, 3.63) is 84.1 Å². The number of anilines is 2. The Morgan fingerprint density at radius 1 is 1.00 bits per heavy atom. The van der Waals surface area contributed by atoms with E-state index in [0.29, 0.717) is 16.4 Å². The lowest BCUT2D eigenvalue weighted by atomic mass is 10.1. The van der Waals surface area contributed by atoms with Crippen LogP contribution >= 0.6 is 11.3 Å². The number of rotatable bonds is 6. The highest BCUT2D eigenvalue weighted by molar-refractivity contribution is 7.22. The van der Waals surface area contributed by atoms with Crippen molar-refractivity contribution in [3.63, 3.8) is 0 Å². The molecule has 2 N–H and O–H groups in total. The molecular formula is C25H19N3O4S. The Labute approximate surface area is 193 Å². The zero-order chi connectivity index (χ0) is 22.8. The van der Waals surface area contributed by atoms with Gasteiger partial charge >= 0.3 is 0 Å². The first-order valence-corrected chi connectivity index (χ1v) is 11.0. The van der Waals surface area contributed by atoms with Gasteiger partial charge in [0, 0.05) is 11.1 Å². The van der Waals surface area contributed by atoms with Gasteiger partial charge in [0.1, 0.15) is 11.3 Å². The molecule has 0 saturated carbocycles. The molecule has 0 aliphatic heterocycles. The van der Waals surface area contributed by atoms with E-state index in [1.54, 1.807) is 37.4 Å². The Kier molecular flexibility index (Phi) is 5.50. The predicted octanol–water partition coefficient (Wildman–Crippen LogP) is 5.48. The largest absolute Gasteiger partial charge is 0.497 e. The zero-order valence-corrected chi connectivity index (χ0v) is 18.4. The third kappa shape index (κ3) is 4.56. The Bertz CT molecular complexity index is 1440. The first-order chi connectivity index (χ1) is 16.1.